The molecule has 2 aromatic rings. The van der Waals surface area contributed by atoms with E-state index in [2.05, 4.69) is 15.6 Å². The Labute approximate surface area is 160 Å². The summed E-state index contributed by atoms with van der Waals surface area (Å²) in [7, 11) is 1.61. The van der Waals surface area contributed by atoms with Gasteiger partial charge in [0.2, 0.25) is 5.91 Å². The summed E-state index contributed by atoms with van der Waals surface area (Å²) in [6.07, 6.45) is 2.55. The number of nitrogens with zero attached hydrogens (tertiary/aromatic N) is 2. The molecule has 1 saturated carbocycles. The number of benzene rings is 1. The molecule has 1 aromatic heterocycles. The van der Waals surface area contributed by atoms with Gasteiger partial charge in [0.1, 0.15) is 0 Å². The minimum atomic E-state index is -0.480. The van der Waals surface area contributed by atoms with Gasteiger partial charge in [-0.05, 0) is 31.4 Å². The van der Waals surface area contributed by atoms with E-state index in [1.54, 1.807) is 29.9 Å². The molecule has 9 heteroatoms. The standard InChI is InChI=1S/C18H22N4O4S/c1-26-10-4-9-22-16(24)13-5-2-3-6-14(13)20-18(22)27-11-15(23)21-17(25)19-12-7-8-12/h2-3,5-6,12H,4,7-11H2,1H3,(H2,19,21,23,25). The number of rotatable bonds is 8. The number of ether oxygens (including phenoxy) is 1. The van der Waals surface area contributed by atoms with Crippen LogP contribution in [0, 0.1) is 0 Å². The maximum Gasteiger partial charge on any atom is 0.321 e. The van der Waals surface area contributed by atoms with Crippen molar-refractivity contribution in [1.82, 2.24) is 20.2 Å². The van der Waals surface area contributed by atoms with Crippen LogP contribution in [0.4, 0.5) is 4.79 Å². The molecule has 8 nitrogen and oxygen atoms in total. The minimum Gasteiger partial charge on any atom is -0.385 e. The molecule has 0 atom stereocenters. The molecule has 1 aliphatic rings. The maximum absolute atomic E-state index is 12.8. The fourth-order valence-electron chi connectivity index (χ4n) is 2.56. The fraction of sp³-hybridized carbons (Fsp3) is 0.444. The van der Waals surface area contributed by atoms with Crippen LogP contribution in [0.1, 0.15) is 19.3 Å². The van der Waals surface area contributed by atoms with E-state index in [0.29, 0.717) is 35.6 Å². The largest absolute Gasteiger partial charge is 0.385 e. The Kier molecular flexibility index (Phi) is 6.46. The van der Waals surface area contributed by atoms with Crippen LogP contribution in [0.5, 0.6) is 0 Å². The second kappa shape index (κ2) is 9.01. The smallest absolute Gasteiger partial charge is 0.321 e. The molecule has 0 radical (unpaired) electrons. The van der Waals surface area contributed by atoms with Gasteiger partial charge in [-0.1, -0.05) is 23.9 Å². The molecule has 1 aromatic carbocycles. The Hall–Kier alpha value is -2.39. The summed E-state index contributed by atoms with van der Waals surface area (Å²) in [5.41, 5.74) is 0.436. The van der Waals surface area contributed by atoms with Crippen molar-refractivity contribution in [3.63, 3.8) is 0 Å². The molecule has 1 aliphatic carbocycles. The molecule has 1 fully saturated rings. The Morgan fingerprint density at radius 1 is 1.33 bits per heavy atom. The number of hydrogen-bond acceptors (Lipinski definition) is 6. The van der Waals surface area contributed by atoms with E-state index < -0.39 is 11.9 Å². The van der Waals surface area contributed by atoms with Gasteiger partial charge < -0.3 is 10.1 Å². The van der Waals surface area contributed by atoms with Gasteiger partial charge in [0.05, 0.1) is 16.7 Å². The van der Waals surface area contributed by atoms with Gasteiger partial charge in [-0.25, -0.2) is 9.78 Å². The summed E-state index contributed by atoms with van der Waals surface area (Å²) < 4.78 is 6.62. The second-order valence-corrected chi connectivity index (χ2v) is 7.24. The van der Waals surface area contributed by atoms with E-state index in [1.807, 2.05) is 6.07 Å². The van der Waals surface area contributed by atoms with Gasteiger partial charge in [0, 0.05) is 26.3 Å². The Balaban J connectivity index is 1.72. The summed E-state index contributed by atoms with van der Waals surface area (Å²) in [5.74, 6) is -0.434. The molecule has 2 N–H and O–H groups in total. The van der Waals surface area contributed by atoms with Gasteiger partial charge >= 0.3 is 6.03 Å². The first-order chi connectivity index (χ1) is 13.1. The zero-order chi connectivity index (χ0) is 19.2. The number of carbonyl (C=O) groups is 2. The van der Waals surface area contributed by atoms with Crippen LogP contribution in [-0.2, 0) is 16.1 Å². The Morgan fingerprint density at radius 2 is 2.11 bits per heavy atom. The zero-order valence-electron chi connectivity index (χ0n) is 15.1. The van der Waals surface area contributed by atoms with Crippen LogP contribution in [0.2, 0.25) is 0 Å². The molecule has 0 saturated heterocycles. The van der Waals surface area contributed by atoms with Crippen LogP contribution in [0.25, 0.3) is 10.9 Å². The molecule has 144 valence electrons. The number of thioether (sulfide) groups is 1. The van der Waals surface area contributed by atoms with Crippen molar-refractivity contribution in [2.24, 2.45) is 0 Å². The summed E-state index contributed by atoms with van der Waals surface area (Å²) >= 11 is 1.14. The first kappa shape index (κ1) is 19.4. The summed E-state index contributed by atoms with van der Waals surface area (Å²) in [6, 6.07) is 6.81. The van der Waals surface area contributed by atoms with Crippen molar-refractivity contribution >= 4 is 34.6 Å². The van der Waals surface area contributed by atoms with Crippen molar-refractivity contribution in [1.29, 1.82) is 0 Å². The molecule has 0 unspecified atom stereocenters. The molecule has 0 aliphatic heterocycles. The number of aromatic nitrogens is 2. The SMILES string of the molecule is COCCCn1c(SCC(=O)NC(=O)NC2CC2)nc2ccccc2c1=O. The molecule has 27 heavy (non-hydrogen) atoms. The van der Waals surface area contributed by atoms with Crippen molar-refractivity contribution < 1.29 is 14.3 Å². The monoisotopic (exact) mass is 390 g/mol. The number of hydrogen-bond donors (Lipinski definition) is 2. The predicted octanol–water partition coefficient (Wildman–Crippen LogP) is 1.51. The van der Waals surface area contributed by atoms with E-state index in [-0.39, 0.29) is 17.4 Å². The molecule has 0 spiro atoms. The number of fused-ring (bicyclic) bond motifs is 1. The van der Waals surface area contributed by atoms with Crippen molar-refractivity contribution in [3.05, 3.63) is 34.6 Å². The minimum absolute atomic E-state index is 0.00680. The molecule has 1 heterocycles. The summed E-state index contributed by atoms with van der Waals surface area (Å²) in [6.45, 7) is 0.960. The van der Waals surface area contributed by atoms with E-state index in [9.17, 15) is 14.4 Å². The third-order valence-corrected chi connectivity index (χ3v) is 5.03. The zero-order valence-corrected chi connectivity index (χ0v) is 15.9. The molecule has 3 amide bonds. The predicted molar refractivity (Wildman–Crippen MR) is 103 cm³/mol. The van der Waals surface area contributed by atoms with Gasteiger partial charge in [0.25, 0.3) is 5.56 Å². The van der Waals surface area contributed by atoms with Gasteiger partial charge in [0.15, 0.2) is 5.16 Å². The highest BCUT2D eigenvalue weighted by molar-refractivity contribution is 7.99. The highest BCUT2D eigenvalue weighted by Gasteiger charge is 2.24. The van der Waals surface area contributed by atoms with E-state index >= 15 is 0 Å². The molecule has 0 bridgehead atoms. The maximum atomic E-state index is 12.8. The highest BCUT2D eigenvalue weighted by Crippen LogP contribution is 2.19. The molecular weight excluding hydrogens is 368 g/mol. The average molecular weight is 390 g/mol. The number of methoxy groups -OCH3 is 1. The van der Waals surface area contributed by atoms with Gasteiger partial charge in [-0.2, -0.15) is 0 Å². The first-order valence-corrected chi connectivity index (χ1v) is 9.78. The van der Waals surface area contributed by atoms with Crippen LogP contribution < -0.4 is 16.2 Å². The second-order valence-electron chi connectivity index (χ2n) is 6.30. The number of urea groups is 1. The van der Waals surface area contributed by atoms with Crippen LogP contribution in [0.3, 0.4) is 0 Å². The third-order valence-electron chi connectivity index (χ3n) is 4.05. The van der Waals surface area contributed by atoms with E-state index in [1.165, 1.54) is 0 Å². The van der Waals surface area contributed by atoms with Crippen LogP contribution >= 0.6 is 11.8 Å². The lowest BCUT2D eigenvalue weighted by Gasteiger charge is -2.13. The Bertz CT molecular complexity index is 895. The molecular formula is C18H22N4O4S. The quantitative estimate of drug-likeness (QED) is 0.402. The normalized spacial score (nSPS) is 13.5. The fourth-order valence-corrected chi connectivity index (χ4v) is 3.39. The number of carbonyl (C=O) groups excluding carboxylic acids is 2. The van der Waals surface area contributed by atoms with E-state index in [4.69, 9.17) is 4.74 Å². The lowest BCUT2D eigenvalue weighted by molar-refractivity contribution is -0.117. The number of amides is 3. The number of imide groups is 1. The van der Waals surface area contributed by atoms with Crippen molar-refractivity contribution in [2.45, 2.75) is 37.0 Å². The van der Waals surface area contributed by atoms with Crippen molar-refractivity contribution in [2.75, 3.05) is 19.5 Å². The lowest BCUT2D eigenvalue weighted by Crippen LogP contribution is -2.41. The van der Waals surface area contributed by atoms with Gasteiger partial charge in [-0.15, -0.1) is 0 Å². The number of para-hydroxylation sites is 1. The van der Waals surface area contributed by atoms with Crippen LogP contribution in [0.15, 0.2) is 34.2 Å². The van der Waals surface area contributed by atoms with Gasteiger partial charge in [-0.3, -0.25) is 19.5 Å². The molecule has 3 rings (SSSR count). The summed E-state index contributed by atoms with van der Waals surface area (Å²) in [5, 5.41) is 5.98. The Morgan fingerprint density at radius 3 is 2.85 bits per heavy atom. The highest BCUT2D eigenvalue weighted by atomic mass is 32.2. The van der Waals surface area contributed by atoms with E-state index in [0.717, 1.165) is 24.6 Å². The third kappa shape index (κ3) is 5.30. The van der Waals surface area contributed by atoms with Crippen molar-refractivity contribution in [3.8, 4) is 0 Å². The first-order valence-electron chi connectivity index (χ1n) is 8.80. The summed E-state index contributed by atoms with van der Waals surface area (Å²) in [4.78, 5) is 41.0. The van der Waals surface area contributed by atoms with Crippen LogP contribution in [-0.4, -0.2) is 47.0 Å². The topological polar surface area (TPSA) is 102 Å². The number of nitrogens with one attached hydrogen (secondary N) is 2. The average Bonchev–Trinajstić information content (AvgIpc) is 3.46. The lowest BCUT2D eigenvalue weighted by atomic mass is 10.2.